The zero-order valence-electron chi connectivity index (χ0n) is 13.6. The number of aromatic nitrogens is 1. The molecule has 0 aliphatic carbocycles. The summed E-state index contributed by atoms with van der Waals surface area (Å²) in [6.45, 7) is 9.70. The lowest BCUT2D eigenvalue weighted by atomic mass is 9.93. The van der Waals surface area contributed by atoms with Crippen molar-refractivity contribution in [2.45, 2.75) is 45.6 Å². The maximum atomic E-state index is 12.0. The van der Waals surface area contributed by atoms with Crippen molar-refractivity contribution in [1.29, 1.82) is 0 Å². The molecule has 0 radical (unpaired) electrons. The van der Waals surface area contributed by atoms with Crippen molar-refractivity contribution in [3.63, 3.8) is 0 Å². The van der Waals surface area contributed by atoms with Crippen LogP contribution in [0.2, 0.25) is 0 Å². The summed E-state index contributed by atoms with van der Waals surface area (Å²) in [7, 11) is 0. The summed E-state index contributed by atoms with van der Waals surface area (Å²) in [6, 6.07) is 11.3. The Labute approximate surface area is 130 Å². The van der Waals surface area contributed by atoms with Crippen molar-refractivity contribution in [2.75, 3.05) is 5.32 Å². The quantitative estimate of drug-likeness (QED) is 0.909. The van der Waals surface area contributed by atoms with Crippen molar-refractivity contribution < 1.29 is 14.1 Å². The lowest BCUT2D eigenvalue weighted by Gasteiger charge is -2.25. The number of benzene rings is 1. The largest absolute Gasteiger partial charge is 0.438 e. The van der Waals surface area contributed by atoms with Gasteiger partial charge in [-0.1, -0.05) is 56.3 Å². The molecule has 118 valence electrons. The van der Waals surface area contributed by atoms with Gasteiger partial charge >= 0.3 is 6.09 Å². The molecule has 0 saturated heterocycles. The van der Waals surface area contributed by atoms with E-state index in [1.807, 2.05) is 65.0 Å². The first-order valence-corrected chi connectivity index (χ1v) is 7.21. The fourth-order valence-corrected chi connectivity index (χ4v) is 1.95. The number of hydrogen-bond donors (Lipinski definition) is 1. The Morgan fingerprint density at radius 1 is 1.14 bits per heavy atom. The number of ether oxygens (including phenoxy) is 1. The van der Waals surface area contributed by atoms with Gasteiger partial charge in [0.2, 0.25) is 0 Å². The topological polar surface area (TPSA) is 64.4 Å². The summed E-state index contributed by atoms with van der Waals surface area (Å²) < 4.78 is 10.7. The van der Waals surface area contributed by atoms with Gasteiger partial charge in [0.25, 0.3) is 0 Å². The highest BCUT2D eigenvalue weighted by molar-refractivity contribution is 5.83. The van der Waals surface area contributed by atoms with Crippen LogP contribution in [0.1, 0.15) is 45.9 Å². The van der Waals surface area contributed by atoms with Gasteiger partial charge < -0.3 is 9.26 Å². The molecule has 0 saturated carbocycles. The van der Waals surface area contributed by atoms with Crippen LogP contribution in [0.5, 0.6) is 0 Å². The number of carbonyl (C=O) groups is 1. The van der Waals surface area contributed by atoms with E-state index in [0.717, 1.165) is 5.56 Å². The van der Waals surface area contributed by atoms with Gasteiger partial charge in [-0.3, -0.25) is 5.32 Å². The third-order valence-corrected chi connectivity index (χ3v) is 3.30. The minimum atomic E-state index is -0.734. The molecule has 1 N–H and O–H groups in total. The molecular weight excluding hydrogens is 280 g/mol. The molecular formula is C17H22N2O3. The smallest absolute Gasteiger partial charge is 0.413 e. The zero-order valence-corrected chi connectivity index (χ0v) is 13.6. The highest BCUT2D eigenvalue weighted by Crippen LogP contribution is 2.26. The maximum Gasteiger partial charge on any atom is 0.413 e. The molecule has 1 aromatic heterocycles. The molecule has 0 fully saturated rings. The molecule has 1 heterocycles. The highest BCUT2D eigenvalue weighted by Gasteiger charge is 2.26. The fraction of sp³-hybridized carbons (Fsp3) is 0.412. The zero-order chi connectivity index (χ0) is 16.4. The molecule has 0 aliphatic heterocycles. The van der Waals surface area contributed by atoms with Crippen molar-refractivity contribution in [3.8, 4) is 0 Å². The molecule has 0 unspecified atom stereocenters. The van der Waals surface area contributed by atoms with Gasteiger partial charge in [0.05, 0.1) is 0 Å². The van der Waals surface area contributed by atoms with E-state index < -0.39 is 11.7 Å². The van der Waals surface area contributed by atoms with Crippen molar-refractivity contribution in [3.05, 3.63) is 47.7 Å². The van der Waals surface area contributed by atoms with Crippen LogP contribution in [-0.2, 0) is 15.8 Å². The Bertz CT molecular complexity index is 639. The molecule has 0 bridgehead atoms. The van der Waals surface area contributed by atoms with Gasteiger partial charge in [0, 0.05) is 11.5 Å². The van der Waals surface area contributed by atoms with E-state index in [1.54, 1.807) is 6.07 Å². The van der Waals surface area contributed by atoms with Crippen LogP contribution in [0, 0.1) is 0 Å². The molecule has 0 atom stereocenters. The number of carbonyl (C=O) groups excluding carboxylic acids is 1. The number of anilines is 1. The average Bonchev–Trinajstić information content (AvgIpc) is 2.87. The van der Waals surface area contributed by atoms with Crippen molar-refractivity contribution in [1.82, 2.24) is 5.16 Å². The van der Waals surface area contributed by atoms with Crippen LogP contribution in [-0.4, -0.2) is 11.2 Å². The first kappa shape index (κ1) is 16.1. The van der Waals surface area contributed by atoms with Gasteiger partial charge in [-0.25, -0.2) is 4.79 Å². The SMILES string of the molecule is CC(C)(C)c1cc(NC(=O)OC(C)(C)c2ccccc2)no1. The summed E-state index contributed by atoms with van der Waals surface area (Å²) in [6.07, 6.45) is -0.567. The van der Waals surface area contributed by atoms with Gasteiger partial charge in [-0.2, -0.15) is 0 Å². The van der Waals surface area contributed by atoms with Crippen LogP contribution in [0.4, 0.5) is 10.6 Å². The summed E-state index contributed by atoms with van der Waals surface area (Å²) in [4.78, 5) is 12.0. The van der Waals surface area contributed by atoms with E-state index in [4.69, 9.17) is 9.26 Å². The number of amides is 1. The molecule has 2 rings (SSSR count). The number of nitrogens with one attached hydrogen (secondary N) is 1. The second-order valence-electron chi connectivity index (χ2n) is 6.72. The fourth-order valence-electron chi connectivity index (χ4n) is 1.95. The van der Waals surface area contributed by atoms with E-state index in [1.165, 1.54) is 0 Å². The van der Waals surface area contributed by atoms with Gasteiger partial charge in [0.15, 0.2) is 5.82 Å². The minimum Gasteiger partial charge on any atom is -0.438 e. The average molecular weight is 302 g/mol. The molecule has 1 amide bonds. The Hall–Kier alpha value is -2.30. The third kappa shape index (κ3) is 3.87. The maximum absolute atomic E-state index is 12.0. The predicted octanol–water partition coefficient (Wildman–Crippen LogP) is 4.46. The first-order chi connectivity index (χ1) is 10.2. The van der Waals surface area contributed by atoms with Crippen molar-refractivity contribution in [2.24, 2.45) is 0 Å². The summed E-state index contributed by atoms with van der Waals surface area (Å²) in [5.41, 5.74) is 0.0166. The second-order valence-corrected chi connectivity index (χ2v) is 6.72. The lowest BCUT2D eigenvalue weighted by Crippen LogP contribution is -2.28. The van der Waals surface area contributed by atoms with E-state index in [2.05, 4.69) is 10.5 Å². The predicted molar refractivity (Wildman–Crippen MR) is 84.8 cm³/mol. The van der Waals surface area contributed by atoms with Gasteiger partial charge in [0.1, 0.15) is 11.4 Å². The number of nitrogens with zero attached hydrogens (tertiary/aromatic N) is 1. The summed E-state index contributed by atoms with van der Waals surface area (Å²) in [5, 5.41) is 6.43. The summed E-state index contributed by atoms with van der Waals surface area (Å²) >= 11 is 0. The minimum absolute atomic E-state index is 0.167. The Morgan fingerprint density at radius 2 is 1.77 bits per heavy atom. The van der Waals surface area contributed by atoms with Crippen LogP contribution in [0.25, 0.3) is 0 Å². The number of rotatable bonds is 3. The van der Waals surface area contributed by atoms with Gasteiger partial charge in [-0.15, -0.1) is 0 Å². The Kier molecular flexibility index (Phi) is 4.26. The molecule has 5 nitrogen and oxygen atoms in total. The lowest BCUT2D eigenvalue weighted by molar-refractivity contribution is 0.0465. The third-order valence-electron chi connectivity index (χ3n) is 3.30. The molecule has 0 aliphatic rings. The second kappa shape index (κ2) is 5.83. The molecule has 1 aromatic carbocycles. The highest BCUT2D eigenvalue weighted by atomic mass is 16.6. The van der Waals surface area contributed by atoms with Gasteiger partial charge in [-0.05, 0) is 19.4 Å². The van der Waals surface area contributed by atoms with E-state index in [-0.39, 0.29) is 5.41 Å². The van der Waals surface area contributed by atoms with Crippen LogP contribution < -0.4 is 5.32 Å². The molecule has 22 heavy (non-hydrogen) atoms. The van der Waals surface area contributed by atoms with Crippen LogP contribution in [0.15, 0.2) is 40.9 Å². The van der Waals surface area contributed by atoms with Crippen molar-refractivity contribution >= 4 is 11.9 Å². The molecule has 5 heteroatoms. The number of hydrogen-bond acceptors (Lipinski definition) is 4. The Morgan fingerprint density at radius 3 is 2.32 bits per heavy atom. The summed E-state index contributed by atoms with van der Waals surface area (Å²) in [5.74, 6) is 1.05. The standard InChI is InChI=1S/C17H22N2O3/c1-16(2,3)13-11-14(19-22-13)18-15(20)21-17(4,5)12-9-7-6-8-10-12/h6-11H,1-5H3,(H,18,19,20). The Balaban J connectivity index is 2.03. The van der Waals surface area contributed by atoms with Crippen LogP contribution >= 0.6 is 0 Å². The van der Waals surface area contributed by atoms with E-state index >= 15 is 0 Å². The van der Waals surface area contributed by atoms with E-state index in [0.29, 0.717) is 11.6 Å². The first-order valence-electron chi connectivity index (χ1n) is 7.21. The van der Waals surface area contributed by atoms with Crippen LogP contribution in [0.3, 0.4) is 0 Å². The normalized spacial score (nSPS) is 12.0. The molecule has 0 spiro atoms. The molecule has 2 aromatic rings. The van der Waals surface area contributed by atoms with E-state index in [9.17, 15) is 4.79 Å². The monoisotopic (exact) mass is 302 g/mol.